The van der Waals surface area contributed by atoms with E-state index in [1.54, 1.807) is 0 Å². The third-order valence-corrected chi connectivity index (χ3v) is 4.01. The Kier molecular flexibility index (Phi) is 4.53. The average molecular weight is 283 g/mol. The second-order valence-electron chi connectivity index (χ2n) is 5.37. The van der Waals surface area contributed by atoms with Crippen LogP contribution in [-0.4, -0.2) is 29.8 Å². The molecule has 3 heteroatoms. The van der Waals surface area contributed by atoms with Crippen LogP contribution < -0.4 is 4.74 Å². The van der Waals surface area contributed by atoms with Crippen molar-refractivity contribution in [1.29, 1.82) is 0 Å². The molecule has 1 aliphatic heterocycles. The minimum atomic E-state index is 0.0463. The molecular formula is C18H21NO2. The summed E-state index contributed by atoms with van der Waals surface area (Å²) in [7, 11) is 0. The Labute approximate surface area is 125 Å². The van der Waals surface area contributed by atoms with E-state index in [-0.39, 0.29) is 6.61 Å². The van der Waals surface area contributed by atoms with Crippen LogP contribution in [0.1, 0.15) is 23.6 Å². The Balaban J connectivity index is 1.69. The van der Waals surface area contributed by atoms with Gasteiger partial charge < -0.3 is 9.84 Å². The van der Waals surface area contributed by atoms with Gasteiger partial charge in [0.15, 0.2) is 0 Å². The van der Waals surface area contributed by atoms with E-state index >= 15 is 0 Å². The minimum Gasteiger partial charge on any atom is -0.491 e. The van der Waals surface area contributed by atoms with Gasteiger partial charge in [-0.1, -0.05) is 48.5 Å². The molecule has 1 atom stereocenters. The van der Waals surface area contributed by atoms with E-state index in [1.165, 1.54) is 17.5 Å². The van der Waals surface area contributed by atoms with Crippen molar-refractivity contribution < 1.29 is 9.84 Å². The van der Waals surface area contributed by atoms with Crippen molar-refractivity contribution in [3.05, 3.63) is 65.7 Å². The maximum atomic E-state index is 8.91. The molecule has 1 saturated heterocycles. The first kappa shape index (κ1) is 14.1. The molecule has 1 N–H and O–H groups in total. The molecule has 110 valence electrons. The molecule has 2 aromatic rings. The molecule has 0 saturated carbocycles. The Morgan fingerprint density at radius 3 is 2.52 bits per heavy atom. The van der Waals surface area contributed by atoms with Gasteiger partial charge in [0.1, 0.15) is 12.4 Å². The smallest absolute Gasteiger partial charge is 0.123 e. The normalized spacial score (nSPS) is 18.2. The minimum absolute atomic E-state index is 0.0463. The lowest BCUT2D eigenvalue weighted by atomic mass is 9.94. The molecule has 0 amide bonds. The Bertz CT molecular complexity index is 570. The summed E-state index contributed by atoms with van der Waals surface area (Å²) in [6.45, 7) is 2.40. The number of rotatable bonds is 6. The van der Waals surface area contributed by atoms with Crippen molar-refractivity contribution in [3.63, 3.8) is 0 Å². The van der Waals surface area contributed by atoms with Crippen molar-refractivity contribution in [2.24, 2.45) is 0 Å². The predicted molar refractivity (Wildman–Crippen MR) is 83.2 cm³/mol. The maximum Gasteiger partial charge on any atom is 0.123 e. The summed E-state index contributed by atoms with van der Waals surface area (Å²) in [6.07, 6.45) is 1.21. The van der Waals surface area contributed by atoms with Crippen LogP contribution in [-0.2, 0) is 6.54 Å². The largest absolute Gasteiger partial charge is 0.491 e. The summed E-state index contributed by atoms with van der Waals surface area (Å²) in [6, 6.07) is 19.3. The maximum absolute atomic E-state index is 8.91. The van der Waals surface area contributed by atoms with Gasteiger partial charge in [0, 0.05) is 24.7 Å². The van der Waals surface area contributed by atoms with Crippen molar-refractivity contribution in [2.45, 2.75) is 19.0 Å². The van der Waals surface area contributed by atoms with E-state index in [4.69, 9.17) is 9.84 Å². The summed E-state index contributed by atoms with van der Waals surface area (Å²) in [4.78, 5) is 2.47. The van der Waals surface area contributed by atoms with Crippen LogP contribution >= 0.6 is 0 Å². The molecule has 0 unspecified atom stereocenters. The van der Waals surface area contributed by atoms with E-state index in [9.17, 15) is 0 Å². The van der Waals surface area contributed by atoms with E-state index in [2.05, 4.69) is 41.3 Å². The van der Waals surface area contributed by atoms with Crippen LogP contribution in [0, 0.1) is 0 Å². The topological polar surface area (TPSA) is 32.7 Å². The molecule has 0 aliphatic carbocycles. The molecule has 0 bridgehead atoms. The highest BCUT2D eigenvalue weighted by molar-refractivity contribution is 5.34. The average Bonchev–Trinajstić information content (AvgIpc) is 2.51. The number of aliphatic hydroxyl groups excluding tert-OH is 1. The highest BCUT2D eigenvalue weighted by atomic mass is 16.5. The molecule has 0 radical (unpaired) electrons. The van der Waals surface area contributed by atoms with Crippen LogP contribution in [0.4, 0.5) is 0 Å². The second kappa shape index (κ2) is 6.74. The summed E-state index contributed by atoms with van der Waals surface area (Å²) in [5.74, 6) is 0.880. The number of likely N-dealkylation sites (tertiary alicyclic amines) is 1. The Morgan fingerprint density at radius 2 is 1.81 bits per heavy atom. The SMILES string of the molecule is OCCOc1ccccc1CN1CC[C@@H]1c1ccccc1. The molecule has 2 aromatic carbocycles. The third kappa shape index (κ3) is 3.26. The second-order valence-corrected chi connectivity index (χ2v) is 5.37. The number of benzene rings is 2. The van der Waals surface area contributed by atoms with E-state index in [0.717, 1.165) is 18.8 Å². The summed E-state index contributed by atoms with van der Waals surface area (Å²) in [5.41, 5.74) is 2.57. The number of hydrogen-bond donors (Lipinski definition) is 1. The van der Waals surface area contributed by atoms with Crippen molar-refractivity contribution in [1.82, 2.24) is 4.90 Å². The van der Waals surface area contributed by atoms with Gasteiger partial charge in [-0.2, -0.15) is 0 Å². The van der Waals surface area contributed by atoms with Gasteiger partial charge in [-0.25, -0.2) is 0 Å². The van der Waals surface area contributed by atoms with Crippen molar-refractivity contribution >= 4 is 0 Å². The first-order valence-electron chi connectivity index (χ1n) is 7.49. The zero-order valence-electron chi connectivity index (χ0n) is 12.1. The monoisotopic (exact) mass is 283 g/mol. The number of hydrogen-bond acceptors (Lipinski definition) is 3. The van der Waals surface area contributed by atoms with E-state index < -0.39 is 0 Å². The summed E-state index contributed by atoms with van der Waals surface area (Å²) >= 11 is 0. The molecular weight excluding hydrogens is 262 g/mol. The Hall–Kier alpha value is -1.84. The zero-order chi connectivity index (χ0) is 14.5. The summed E-state index contributed by atoms with van der Waals surface area (Å²) in [5, 5.41) is 8.91. The highest BCUT2D eigenvalue weighted by Gasteiger charge is 2.29. The standard InChI is InChI=1S/C18H21NO2/c20-12-13-21-18-9-5-4-8-16(18)14-19-11-10-17(19)15-6-2-1-3-7-15/h1-9,17,20H,10-14H2/t17-/m1/s1. The van der Waals surface area contributed by atoms with Gasteiger partial charge >= 0.3 is 0 Å². The lowest BCUT2D eigenvalue weighted by Gasteiger charge is -2.41. The fraction of sp³-hybridized carbons (Fsp3) is 0.333. The fourth-order valence-electron chi connectivity index (χ4n) is 2.83. The van der Waals surface area contributed by atoms with Crippen LogP contribution in [0.15, 0.2) is 54.6 Å². The van der Waals surface area contributed by atoms with Gasteiger partial charge in [-0.15, -0.1) is 0 Å². The van der Waals surface area contributed by atoms with Crippen molar-refractivity contribution in [3.8, 4) is 5.75 Å². The number of nitrogens with zero attached hydrogens (tertiary/aromatic N) is 1. The Morgan fingerprint density at radius 1 is 1.05 bits per heavy atom. The van der Waals surface area contributed by atoms with Gasteiger partial charge in [-0.3, -0.25) is 4.90 Å². The van der Waals surface area contributed by atoms with Gasteiger partial charge in [0.2, 0.25) is 0 Å². The number of ether oxygens (including phenoxy) is 1. The first-order chi connectivity index (χ1) is 10.4. The molecule has 0 aromatic heterocycles. The molecule has 21 heavy (non-hydrogen) atoms. The van der Waals surface area contributed by atoms with Crippen molar-refractivity contribution in [2.75, 3.05) is 19.8 Å². The van der Waals surface area contributed by atoms with Gasteiger partial charge in [-0.05, 0) is 18.1 Å². The quantitative estimate of drug-likeness (QED) is 0.884. The predicted octanol–water partition coefficient (Wildman–Crippen LogP) is 3.00. The third-order valence-electron chi connectivity index (χ3n) is 4.01. The van der Waals surface area contributed by atoms with Crippen LogP contribution in [0.2, 0.25) is 0 Å². The summed E-state index contributed by atoms with van der Waals surface area (Å²) < 4.78 is 5.62. The van der Waals surface area contributed by atoms with Gasteiger partial charge in [0.05, 0.1) is 6.61 Å². The lowest BCUT2D eigenvalue weighted by molar-refractivity contribution is 0.0803. The highest BCUT2D eigenvalue weighted by Crippen LogP contribution is 2.35. The van der Waals surface area contributed by atoms with E-state index in [1.807, 2.05) is 18.2 Å². The molecule has 1 aliphatic rings. The van der Waals surface area contributed by atoms with Gasteiger partial charge in [0.25, 0.3) is 0 Å². The fourth-order valence-corrected chi connectivity index (χ4v) is 2.83. The zero-order valence-corrected chi connectivity index (χ0v) is 12.1. The van der Waals surface area contributed by atoms with Crippen LogP contribution in [0.5, 0.6) is 5.75 Å². The van der Waals surface area contributed by atoms with Crippen LogP contribution in [0.3, 0.4) is 0 Å². The number of para-hydroxylation sites is 1. The molecule has 1 heterocycles. The first-order valence-corrected chi connectivity index (χ1v) is 7.49. The molecule has 3 nitrogen and oxygen atoms in total. The molecule has 1 fully saturated rings. The molecule has 0 spiro atoms. The molecule has 3 rings (SSSR count). The van der Waals surface area contributed by atoms with E-state index in [0.29, 0.717) is 12.6 Å². The lowest BCUT2D eigenvalue weighted by Crippen LogP contribution is -2.40. The number of aliphatic hydroxyl groups is 1. The van der Waals surface area contributed by atoms with Crippen LogP contribution in [0.25, 0.3) is 0 Å².